The van der Waals surface area contributed by atoms with Crippen LogP contribution >= 0.6 is 0 Å². The molecule has 7 heteroatoms. The fourth-order valence-electron chi connectivity index (χ4n) is 2.02. The van der Waals surface area contributed by atoms with E-state index in [1.807, 2.05) is 0 Å². The highest BCUT2D eigenvalue weighted by molar-refractivity contribution is 7.89. The number of sulfonamides is 1. The van der Waals surface area contributed by atoms with Crippen molar-refractivity contribution >= 4 is 15.7 Å². The summed E-state index contributed by atoms with van der Waals surface area (Å²) in [5, 5.41) is 2.92. The third-order valence-electron chi connectivity index (χ3n) is 3.07. The lowest BCUT2D eigenvalue weighted by Gasteiger charge is -2.17. The maximum atomic E-state index is 12.4. The second kappa shape index (κ2) is 5.21. The van der Waals surface area contributed by atoms with Crippen LogP contribution < -0.4 is 5.32 Å². The molecule has 0 saturated carbocycles. The molecule has 2 rings (SSSR count). The lowest BCUT2D eigenvalue weighted by molar-refractivity contribution is 0.115. The highest BCUT2D eigenvalue weighted by Gasteiger charge is 2.34. The van der Waals surface area contributed by atoms with Gasteiger partial charge in [0.25, 0.3) is 10.0 Å². The molecule has 1 aliphatic heterocycles. The number of aromatic nitrogens is 1. The molecule has 6 nitrogen and oxygen atoms in total. The van der Waals surface area contributed by atoms with E-state index < -0.39 is 10.0 Å². The Bertz CT molecular complexity index is 518. The van der Waals surface area contributed by atoms with Crippen LogP contribution in [-0.2, 0) is 14.8 Å². The molecule has 1 fully saturated rings. The highest BCUT2D eigenvalue weighted by atomic mass is 32.2. The summed E-state index contributed by atoms with van der Waals surface area (Å²) in [6, 6.07) is 3.40. The second-order valence-electron chi connectivity index (χ2n) is 4.12. The van der Waals surface area contributed by atoms with Gasteiger partial charge in [0, 0.05) is 33.4 Å². The SMILES string of the molecule is CNc1cccnc1S(=O)(=O)N1CCC(OC)C1. The van der Waals surface area contributed by atoms with Crippen molar-refractivity contribution in [2.75, 3.05) is 32.6 Å². The van der Waals surface area contributed by atoms with Gasteiger partial charge >= 0.3 is 0 Å². The first-order valence-electron chi connectivity index (χ1n) is 5.75. The first kappa shape index (κ1) is 13.3. The molecule has 0 bridgehead atoms. The number of pyridine rings is 1. The Hall–Kier alpha value is -1.18. The van der Waals surface area contributed by atoms with E-state index in [1.54, 1.807) is 26.3 Å². The Morgan fingerprint density at radius 3 is 2.94 bits per heavy atom. The summed E-state index contributed by atoms with van der Waals surface area (Å²) in [6.07, 6.45) is 2.18. The maximum absolute atomic E-state index is 12.4. The Labute approximate surface area is 107 Å². The fraction of sp³-hybridized carbons (Fsp3) is 0.545. The lowest BCUT2D eigenvalue weighted by Crippen LogP contribution is -2.31. The molecule has 1 N–H and O–H groups in total. The summed E-state index contributed by atoms with van der Waals surface area (Å²) < 4.78 is 31.5. The van der Waals surface area contributed by atoms with E-state index in [0.717, 1.165) is 6.42 Å². The van der Waals surface area contributed by atoms with Crippen LogP contribution in [0.2, 0.25) is 0 Å². The zero-order chi connectivity index (χ0) is 13.2. The summed E-state index contributed by atoms with van der Waals surface area (Å²) >= 11 is 0. The average Bonchev–Trinajstić information content (AvgIpc) is 2.88. The van der Waals surface area contributed by atoms with Gasteiger partial charge in [-0.05, 0) is 18.6 Å². The van der Waals surface area contributed by atoms with Crippen molar-refractivity contribution in [2.24, 2.45) is 0 Å². The number of anilines is 1. The molecule has 0 aromatic carbocycles. The molecular weight excluding hydrogens is 254 g/mol. The van der Waals surface area contributed by atoms with Crippen molar-refractivity contribution < 1.29 is 13.2 Å². The first-order chi connectivity index (χ1) is 8.59. The average molecular weight is 271 g/mol. The van der Waals surface area contributed by atoms with E-state index in [4.69, 9.17) is 4.74 Å². The second-order valence-corrected chi connectivity index (χ2v) is 5.97. The predicted molar refractivity (Wildman–Crippen MR) is 68.0 cm³/mol. The zero-order valence-electron chi connectivity index (χ0n) is 10.5. The summed E-state index contributed by atoms with van der Waals surface area (Å²) in [6.45, 7) is 0.860. The summed E-state index contributed by atoms with van der Waals surface area (Å²) in [7, 11) is -0.268. The molecule has 18 heavy (non-hydrogen) atoms. The quantitative estimate of drug-likeness (QED) is 0.865. The molecule has 100 valence electrons. The third kappa shape index (κ3) is 2.33. The van der Waals surface area contributed by atoms with Gasteiger partial charge in [-0.2, -0.15) is 4.31 Å². The van der Waals surface area contributed by atoms with Gasteiger partial charge in [0.15, 0.2) is 5.03 Å². The van der Waals surface area contributed by atoms with Crippen molar-refractivity contribution in [2.45, 2.75) is 17.6 Å². The molecule has 2 heterocycles. The van der Waals surface area contributed by atoms with Gasteiger partial charge in [-0.1, -0.05) is 0 Å². The van der Waals surface area contributed by atoms with E-state index >= 15 is 0 Å². The Morgan fingerprint density at radius 1 is 1.56 bits per heavy atom. The molecule has 0 radical (unpaired) electrons. The van der Waals surface area contributed by atoms with Crippen molar-refractivity contribution in [1.29, 1.82) is 0 Å². The Morgan fingerprint density at radius 2 is 2.33 bits per heavy atom. The van der Waals surface area contributed by atoms with E-state index in [1.165, 1.54) is 10.5 Å². The van der Waals surface area contributed by atoms with Crippen LogP contribution in [0.3, 0.4) is 0 Å². The standard InChI is InChI=1S/C11H17N3O3S/c1-12-10-4-3-6-13-11(10)18(15,16)14-7-5-9(8-14)17-2/h3-4,6,9,12H,5,7-8H2,1-2H3. The molecule has 1 aliphatic rings. The Kier molecular flexibility index (Phi) is 3.84. The Balaban J connectivity index is 2.31. The minimum atomic E-state index is -3.54. The number of rotatable bonds is 4. The number of ether oxygens (including phenoxy) is 1. The zero-order valence-corrected chi connectivity index (χ0v) is 11.3. The normalized spacial score (nSPS) is 21.1. The van der Waals surface area contributed by atoms with Crippen molar-refractivity contribution in [3.63, 3.8) is 0 Å². The first-order valence-corrected chi connectivity index (χ1v) is 7.19. The minimum Gasteiger partial charge on any atom is -0.386 e. The highest BCUT2D eigenvalue weighted by Crippen LogP contribution is 2.25. The van der Waals surface area contributed by atoms with Gasteiger partial charge in [0.05, 0.1) is 11.8 Å². The van der Waals surface area contributed by atoms with E-state index in [2.05, 4.69) is 10.3 Å². The molecular formula is C11H17N3O3S. The molecule has 1 atom stereocenters. The molecule has 1 saturated heterocycles. The molecule has 0 amide bonds. The van der Waals surface area contributed by atoms with Crippen LogP contribution in [0.4, 0.5) is 5.69 Å². The summed E-state index contributed by atoms with van der Waals surface area (Å²) in [5.74, 6) is 0. The molecule has 1 aromatic rings. The molecule has 0 aliphatic carbocycles. The van der Waals surface area contributed by atoms with Gasteiger partial charge in [-0.3, -0.25) is 0 Å². The number of nitrogens with zero attached hydrogens (tertiary/aromatic N) is 2. The van der Waals surface area contributed by atoms with Crippen molar-refractivity contribution in [3.8, 4) is 0 Å². The van der Waals surface area contributed by atoms with Crippen LogP contribution in [0.25, 0.3) is 0 Å². The van der Waals surface area contributed by atoms with Crippen LogP contribution in [0, 0.1) is 0 Å². The maximum Gasteiger partial charge on any atom is 0.262 e. The van der Waals surface area contributed by atoms with E-state index in [0.29, 0.717) is 18.8 Å². The van der Waals surface area contributed by atoms with Gasteiger partial charge in [-0.25, -0.2) is 13.4 Å². The lowest BCUT2D eigenvalue weighted by atomic mass is 10.3. The van der Waals surface area contributed by atoms with Crippen LogP contribution in [-0.4, -0.2) is 51.1 Å². The number of hydrogen-bond acceptors (Lipinski definition) is 5. The van der Waals surface area contributed by atoms with Crippen LogP contribution in [0.15, 0.2) is 23.4 Å². The van der Waals surface area contributed by atoms with Crippen molar-refractivity contribution in [1.82, 2.24) is 9.29 Å². The van der Waals surface area contributed by atoms with Crippen LogP contribution in [0.1, 0.15) is 6.42 Å². The van der Waals surface area contributed by atoms with Crippen molar-refractivity contribution in [3.05, 3.63) is 18.3 Å². The summed E-state index contributed by atoms with van der Waals surface area (Å²) in [4.78, 5) is 3.98. The monoisotopic (exact) mass is 271 g/mol. The largest absolute Gasteiger partial charge is 0.386 e. The fourth-order valence-corrected chi connectivity index (χ4v) is 3.61. The molecule has 1 aromatic heterocycles. The van der Waals surface area contributed by atoms with E-state index in [9.17, 15) is 8.42 Å². The van der Waals surface area contributed by atoms with Gasteiger partial charge in [0.2, 0.25) is 0 Å². The predicted octanol–water partition coefficient (Wildman–Crippen LogP) is 0.533. The summed E-state index contributed by atoms with van der Waals surface area (Å²) in [5.41, 5.74) is 0.512. The number of nitrogens with one attached hydrogen (secondary N) is 1. The molecule has 1 unspecified atom stereocenters. The van der Waals surface area contributed by atoms with E-state index in [-0.39, 0.29) is 11.1 Å². The number of hydrogen-bond donors (Lipinski definition) is 1. The smallest absolute Gasteiger partial charge is 0.262 e. The van der Waals surface area contributed by atoms with Gasteiger partial charge in [0.1, 0.15) is 0 Å². The number of methoxy groups -OCH3 is 1. The van der Waals surface area contributed by atoms with Crippen LogP contribution in [0.5, 0.6) is 0 Å². The topological polar surface area (TPSA) is 71.5 Å². The third-order valence-corrected chi connectivity index (χ3v) is 4.89. The molecule has 0 spiro atoms. The minimum absolute atomic E-state index is 0.0264. The van der Waals surface area contributed by atoms with Gasteiger partial charge in [-0.15, -0.1) is 0 Å². The van der Waals surface area contributed by atoms with Gasteiger partial charge < -0.3 is 10.1 Å².